The fraction of sp³-hybridized carbons (Fsp3) is 0.583. The Hall–Kier alpha value is -1.03. The average molecular weight is 177 g/mol. The number of nitrogens with zero attached hydrogens (tertiary/aromatic N) is 1. The molecular formula is C12H19N. The average Bonchev–Trinajstić information content (AvgIpc) is 2.16. The lowest BCUT2D eigenvalue weighted by Crippen LogP contribution is -1.70. The highest BCUT2D eigenvalue weighted by molar-refractivity contribution is 5.01. The molecule has 72 valence electrons. The van der Waals surface area contributed by atoms with Crippen molar-refractivity contribution in [2.45, 2.75) is 45.4 Å². The lowest BCUT2D eigenvalue weighted by molar-refractivity contribution is 0.805. The third-order valence-corrected chi connectivity index (χ3v) is 1.82. The van der Waals surface area contributed by atoms with E-state index in [1.54, 1.807) is 6.08 Å². The van der Waals surface area contributed by atoms with Crippen molar-refractivity contribution >= 4 is 0 Å². The van der Waals surface area contributed by atoms with Crippen molar-refractivity contribution < 1.29 is 0 Å². The van der Waals surface area contributed by atoms with E-state index in [9.17, 15) is 0 Å². The second kappa shape index (κ2) is 11.0. The summed E-state index contributed by atoms with van der Waals surface area (Å²) < 4.78 is 0. The van der Waals surface area contributed by atoms with Crippen LogP contribution in [0.5, 0.6) is 0 Å². The van der Waals surface area contributed by atoms with E-state index in [0.717, 1.165) is 19.3 Å². The van der Waals surface area contributed by atoms with Gasteiger partial charge in [0.2, 0.25) is 0 Å². The van der Waals surface area contributed by atoms with Crippen LogP contribution >= 0.6 is 0 Å². The van der Waals surface area contributed by atoms with E-state index in [4.69, 9.17) is 5.26 Å². The summed E-state index contributed by atoms with van der Waals surface area (Å²) in [5.41, 5.74) is 0. The minimum atomic E-state index is 1.02. The van der Waals surface area contributed by atoms with Crippen LogP contribution in [0.3, 0.4) is 0 Å². The van der Waals surface area contributed by atoms with Crippen LogP contribution in [0.15, 0.2) is 24.3 Å². The quantitative estimate of drug-likeness (QED) is 0.328. The minimum absolute atomic E-state index is 1.02. The van der Waals surface area contributed by atoms with E-state index in [0.29, 0.717) is 0 Å². The Balaban J connectivity index is 3.11. The molecule has 0 rings (SSSR count). The summed E-state index contributed by atoms with van der Waals surface area (Å²) in [5, 5.41) is 8.22. The molecular weight excluding hydrogens is 158 g/mol. The second-order valence-corrected chi connectivity index (χ2v) is 3.08. The zero-order valence-corrected chi connectivity index (χ0v) is 8.50. The molecule has 0 bridgehead atoms. The summed E-state index contributed by atoms with van der Waals surface area (Å²) in [6.45, 7) is 2.21. The molecule has 0 heterocycles. The highest BCUT2D eigenvalue weighted by Gasteiger charge is 1.81. The first-order valence-corrected chi connectivity index (χ1v) is 5.11. The maximum atomic E-state index is 8.22. The summed E-state index contributed by atoms with van der Waals surface area (Å²) in [7, 11) is 0. The molecule has 0 aliphatic carbocycles. The van der Waals surface area contributed by atoms with Crippen LogP contribution < -0.4 is 0 Å². The molecule has 0 unspecified atom stereocenters. The predicted molar refractivity (Wildman–Crippen MR) is 57.3 cm³/mol. The van der Waals surface area contributed by atoms with Crippen LogP contribution in [0.4, 0.5) is 0 Å². The van der Waals surface area contributed by atoms with Crippen LogP contribution in [0, 0.1) is 11.3 Å². The van der Waals surface area contributed by atoms with Crippen molar-refractivity contribution in [1.29, 1.82) is 5.26 Å². The number of hydrogen-bond donors (Lipinski definition) is 0. The molecule has 1 heteroatoms. The van der Waals surface area contributed by atoms with Gasteiger partial charge in [-0.25, -0.2) is 0 Å². The van der Waals surface area contributed by atoms with Gasteiger partial charge in [-0.15, -0.1) is 0 Å². The van der Waals surface area contributed by atoms with Crippen LogP contribution in [-0.4, -0.2) is 0 Å². The van der Waals surface area contributed by atoms with E-state index in [1.807, 2.05) is 12.1 Å². The van der Waals surface area contributed by atoms with E-state index in [1.165, 1.54) is 19.3 Å². The highest BCUT2D eigenvalue weighted by Crippen LogP contribution is 2.00. The summed E-state index contributed by atoms with van der Waals surface area (Å²) in [4.78, 5) is 0. The van der Waals surface area contributed by atoms with Crippen molar-refractivity contribution in [3.63, 3.8) is 0 Å². The van der Waals surface area contributed by atoms with Gasteiger partial charge in [-0.1, -0.05) is 38.0 Å². The van der Waals surface area contributed by atoms with Gasteiger partial charge >= 0.3 is 0 Å². The molecule has 13 heavy (non-hydrogen) atoms. The van der Waals surface area contributed by atoms with Gasteiger partial charge in [0.15, 0.2) is 0 Å². The lowest BCUT2D eigenvalue weighted by atomic mass is 10.2. The Labute approximate surface area is 81.8 Å². The Kier molecular flexibility index (Phi) is 10.1. The first kappa shape index (κ1) is 12.0. The normalized spacial score (nSPS) is 11.1. The minimum Gasteiger partial charge on any atom is -0.193 e. The first-order valence-electron chi connectivity index (χ1n) is 5.11. The lowest BCUT2D eigenvalue weighted by Gasteiger charge is -1.90. The highest BCUT2D eigenvalue weighted by atomic mass is 14.2. The van der Waals surface area contributed by atoms with E-state index < -0.39 is 0 Å². The maximum Gasteiger partial charge on any atom is 0.0908 e. The summed E-state index contributed by atoms with van der Waals surface area (Å²) >= 11 is 0. The van der Waals surface area contributed by atoms with Gasteiger partial charge in [0.05, 0.1) is 6.07 Å². The first-order chi connectivity index (χ1) is 6.41. The van der Waals surface area contributed by atoms with Gasteiger partial charge < -0.3 is 0 Å². The Morgan fingerprint density at radius 3 is 2.23 bits per heavy atom. The number of nitriles is 1. The van der Waals surface area contributed by atoms with Crippen LogP contribution in [0.1, 0.15) is 45.4 Å². The van der Waals surface area contributed by atoms with Gasteiger partial charge in [-0.2, -0.15) is 5.26 Å². The molecule has 0 aromatic heterocycles. The molecule has 0 fully saturated rings. The summed E-state index contributed by atoms with van der Waals surface area (Å²) in [5.74, 6) is 0. The van der Waals surface area contributed by atoms with Crippen LogP contribution in [0.2, 0.25) is 0 Å². The largest absolute Gasteiger partial charge is 0.193 e. The third-order valence-electron chi connectivity index (χ3n) is 1.82. The molecule has 1 nitrogen and oxygen atoms in total. The maximum absolute atomic E-state index is 8.22. The Morgan fingerprint density at radius 2 is 1.62 bits per heavy atom. The molecule has 0 aliphatic heterocycles. The smallest absolute Gasteiger partial charge is 0.0908 e. The summed E-state index contributed by atoms with van der Waals surface area (Å²) in [6, 6.07) is 1.99. The van der Waals surface area contributed by atoms with Gasteiger partial charge in [0, 0.05) is 6.08 Å². The number of rotatable bonds is 7. The third kappa shape index (κ3) is 11.0. The van der Waals surface area contributed by atoms with E-state index in [-0.39, 0.29) is 0 Å². The SMILES string of the molecule is CCCCC=CCCCC=CC#N. The fourth-order valence-corrected chi connectivity index (χ4v) is 1.05. The zero-order valence-electron chi connectivity index (χ0n) is 8.50. The molecule has 0 atom stereocenters. The predicted octanol–water partition coefficient (Wildman–Crippen LogP) is 3.98. The molecule has 0 saturated heterocycles. The Bertz CT molecular complexity index is 184. The van der Waals surface area contributed by atoms with Crippen molar-refractivity contribution in [2.24, 2.45) is 0 Å². The molecule has 0 saturated carbocycles. The van der Waals surface area contributed by atoms with Crippen LogP contribution in [-0.2, 0) is 0 Å². The molecule has 0 N–H and O–H groups in total. The van der Waals surface area contributed by atoms with Crippen molar-refractivity contribution in [3.05, 3.63) is 24.3 Å². The van der Waals surface area contributed by atoms with Gasteiger partial charge in [-0.05, 0) is 25.7 Å². The summed E-state index contributed by atoms with van der Waals surface area (Å²) in [6.07, 6.45) is 15.1. The second-order valence-electron chi connectivity index (χ2n) is 3.08. The van der Waals surface area contributed by atoms with Crippen molar-refractivity contribution in [2.75, 3.05) is 0 Å². The Morgan fingerprint density at radius 1 is 1.00 bits per heavy atom. The van der Waals surface area contributed by atoms with Gasteiger partial charge in [-0.3, -0.25) is 0 Å². The van der Waals surface area contributed by atoms with E-state index >= 15 is 0 Å². The molecule has 0 spiro atoms. The topological polar surface area (TPSA) is 23.8 Å². The van der Waals surface area contributed by atoms with Gasteiger partial charge in [0.25, 0.3) is 0 Å². The van der Waals surface area contributed by atoms with Crippen molar-refractivity contribution in [1.82, 2.24) is 0 Å². The van der Waals surface area contributed by atoms with Crippen LogP contribution in [0.25, 0.3) is 0 Å². The molecule has 0 radical (unpaired) electrons. The molecule has 0 aromatic rings. The molecule has 0 aliphatic rings. The molecule has 0 aromatic carbocycles. The standard InChI is InChI=1S/C12H19N/c1-2-3-4-5-6-7-8-9-10-11-12-13/h5-6,10-11H,2-4,7-9H2,1H3. The van der Waals surface area contributed by atoms with Gasteiger partial charge in [0.1, 0.15) is 0 Å². The van der Waals surface area contributed by atoms with Crippen molar-refractivity contribution in [3.8, 4) is 6.07 Å². The molecule has 0 amide bonds. The number of hydrogen-bond acceptors (Lipinski definition) is 1. The monoisotopic (exact) mass is 177 g/mol. The van der Waals surface area contributed by atoms with E-state index in [2.05, 4.69) is 19.1 Å². The fourth-order valence-electron chi connectivity index (χ4n) is 1.05. The number of unbranched alkanes of at least 4 members (excludes halogenated alkanes) is 4. The zero-order chi connectivity index (χ0) is 9.78. The number of allylic oxidation sites excluding steroid dienone is 4.